The van der Waals surface area contributed by atoms with Crippen LogP contribution in [-0.2, 0) is 11.2 Å². The monoisotopic (exact) mass is 417 g/mol. The number of nitrogens with zero attached hydrogens (tertiary/aromatic N) is 1. The topological polar surface area (TPSA) is 30.9 Å². The molecule has 3 aromatic rings. The molecular formula is C27H29NO3. The third-order valence-corrected chi connectivity index (χ3v) is 5.86. The quantitative estimate of drug-likeness (QED) is 0.527. The van der Waals surface area contributed by atoms with Gasteiger partial charge in [-0.2, -0.15) is 0 Å². The van der Waals surface area contributed by atoms with Crippen molar-refractivity contribution in [2.75, 3.05) is 26.4 Å². The van der Waals surface area contributed by atoms with Crippen molar-refractivity contribution in [1.29, 1.82) is 0 Å². The zero-order valence-corrected chi connectivity index (χ0v) is 17.6. The van der Waals surface area contributed by atoms with E-state index in [0.29, 0.717) is 12.3 Å². The molecule has 2 aliphatic heterocycles. The van der Waals surface area contributed by atoms with Gasteiger partial charge in [-0.3, -0.25) is 0 Å². The maximum Gasteiger partial charge on any atom is 0.231 e. The molecule has 2 aliphatic rings. The Morgan fingerprint density at radius 3 is 2.39 bits per heavy atom. The van der Waals surface area contributed by atoms with Crippen LogP contribution < -0.4 is 9.47 Å². The molecule has 4 heteroatoms. The summed E-state index contributed by atoms with van der Waals surface area (Å²) < 4.78 is 35.1. The average molecular weight is 418 g/mol. The van der Waals surface area contributed by atoms with Gasteiger partial charge in [-0.05, 0) is 54.6 Å². The summed E-state index contributed by atoms with van der Waals surface area (Å²) in [6.07, 6.45) is 1.90. The summed E-state index contributed by atoms with van der Waals surface area (Å²) in [7, 11) is 0. The summed E-state index contributed by atoms with van der Waals surface area (Å²) >= 11 is 0. The molecule has 0 spiro atoms. The van der Waals surface area contributed by atoms with E-state index in [9.17, 15) is 0 Å². The molecule has 4 nitrogen and oxygen atoms in total. The highest BCUT2D eigenvalue weighted by Gasteiger charge is 2.25. The van der Waals surface area contributed by atoms with Gasteiger partial charge in [0.1, 0.15) is 6.10 Å². The van der Waals surface area contributed by atoms with Crippen molar-refractivity contribution < 1.29 is 17.0 Å². The minimum Gasteiger partial charge on any atom is -0.454 e. The van der Waals surface area contributed by atoms with E-state index < -0.39 is 6.50 Å². The Bertz CT molecular complexity index is 1020. The predicted molar refractivity (Wildman–Crippen MR) is 122 cm³/mol. The van der Waals surface area contributed by atoms with E-state index in [2.05, 4.69) is 24.3 Å². The molecular weight excluding hydrogens is 386 g/mol. The van der Waals surface area contributed by atoms with E-state index in [0.717, 1.165) is 41.8 Å². The molecule has 0 aromatic heterocycles. The van der Waals surface area contributed by atoms with E-state index in [4.69, 9.17) is 17.0 Å². The first-order valence-electron chi connectivity index (χ1n) is 12.0. The Balaban J connectivity index is 1.30. The van der Waals surface area contributed by atoms with E-state index in [-0.39, 0.29) is 25.4 Å². The van der Waals surface area contributed by atoms with Crippen molar-refractivity contribution >= 4 is 0 Å². The largest absolute Gasteiger partial charge is 0.454 e. The molecule has 1 saturated heterocycles. The van der Waals surface area contributed by atoms with Crippen LogP contribution in [0.15, 0.2) is 78.9 Å². The summed E-state index contributed by atoms with van der Waals surface area (Å²) in [4.78, 5) is 1.93. The fraction of sp³-hybridized carbons (Fsp3) is 0.333. The van der Waals surface area contributed by atoms with Gasteiger partial charge in [-0.15, -0.1) is 0 Å². The number of hydrogen-bond donors (Lipinski definition) is 0. The molecule has 1 fully saturated rings. The number of benzene rings is 3. The summed E-state index contributed by atoms with van der Waals surface area (Å²) in [6.45, 7) is 0.0258. The van der Waals surface area contributed by atoms with Crippen LogP contribution in [0.5, 0.6) is 11.5 Å². The Morgan fingerprint density at radius 1 is 0.935 bits per heavy atom. The molecule has 3 aromatic carbocycles. The second-order valence-electron chi connectivity index (χ2n) is 8.07. The molecule has 0 N–H and O–H groups in total. The number of piperidine rings is 1. The molecule has 2 heterocycles. The molecule has 31 heavy (non-hydrogen) atoms. The molecule has 5 rings (SSSR count). The Hall–Kier alpha value is -2.82. The molecule has 160 valence electrons. The maximum absolute atomic E-state index is 8.82. The normalized spacial score (nSPS) is 19.8. The van der Waals surface area contributed by atoms with E-state index in [1.165, 1.54) is 0 Å². The van der Waals surface area contributed by atoms with Gasteiger partial charge in [-0.1, -0.05) is 66.7 Å². The zero-order valence-electron chi connectivity index (χ0n) is 19.6. The number of fused-ring (bicyclic) bond motifs is 1. The fourth-order valence-electron chi connectivity index (χ4n) is 4.24. The van der Waals surface area contributed by atoms with Crippen molar-refractivity contribution in [3.8, 4) is 11.5 Å². The van der Waals surface area contributed by atoms with Crippen LogP contribution in [-0.4, -0.2) is 37.4 Å². The van der Waals surface area contributed by atoms with Gasteiger partial charge in [0.05, 0.1) is 6.10 Å². The zero-order chi connectivity index (χ0) is 22.7. The lowest BCUT2D eigenvalue weighted by molar-refractivity contribution is -0.0330. The standard InChI is InChI=1S/C27H29NO3/c1-3-8-22(9-4-1)27(23-10-5-2-6-11-23)31-24-12-7-16-28(19-24)17-15-21-13-14-25-26(18-21)30-20-29-25/h1-6,8-11,13-14,18,24,27H,7,12,15-17,19-20H2/t24-/m1/s1/i17D2. The van der Waals surface area contributed by atoms with E-state index >= 15 is 0 Å². The van der Waals surface area contributed by atoms with Crippen molar-refractivity contribution in [2.45, 2.75) is 31.5 Å². The highest BCUT2D eigenvalue weighted by molar-refractivity contribution is 5.44. The molecule has 0 saturated carbocycles. The SMILES string of the molecule is [2H]C([2H])(Cc1ccc2c(c1)OCO2)N1CCC[C@@H](OC(c2ccccc2)c2ccccc2)C1. The van der Waals surface area contributed by atoms with Crippen LogP contribution in [0.4, 0.5) is 0 Å². The maximum atomic E-state index is 8.82. The minimum absolute atomic E-state index is 0.0454. The molecule has 0 amide bonds. The van der Waals surface area contributed by atoms with Gasteiger partial charge in [0.2, 0.25) is 6.79 Å². The van der Waals surface area contributed by atoms with Crippen LogP contribution in [0.25, 0.3) is 0 Å². The van der Waals surface area contributed by atoms with Gasteiger partial charge in [0.25, 0.3) is 0 Å². The molecule has 0 unspecified atom stereocenters. The lowest BCUT2D eigenvalue weighted by Gasteiger charge is -2.35. The van der Waals surface area contributed by atoms with Crippen molar-refractivity contribution in [1.82, 2.24) is 4.90 Å². The number of ether oxygens (including phenoxy) is 3. The first-order valence-corrected chi connectivity index (χ1v) is 11.0. The van der Waals surface area contributed by atoms with Gasteiger partial charge < -0.3 is 19.1 Å². The third kappa shape index (κ3) is 4.92. The predicted octanol–water partition coefficient (Wildman–Crippen LogP) is 5.23. The lowest BCUT2D eigenvalue weighted by Crippen LogP contribution is -2.41. The summed E-state index contributed by atoms with van der Waals surface area (Å²) in [6, 6.07) is 26.2. The Labute approximate surface area is 187 Å². The van der Waals surface area contributed by atoms with E-state index in [1.807, 2.05) is 59.5 Å². The number of likely N-dealkylation sites (tertiary alicyclic amines) is 1. The van der Waals surface area contributed by atoms with Crippen molar-refractivity contribution in [2.24, 2.45) is 0 Å². The number of hydrogen-bond acceptors (Lipinski definition) is 4. The van der Waals surface area contributed by atoms with Crippen molar-refractivity contribution in [3.63, 3.8) is 0 Å². The Morgan fingerprint density at radius 2 is 1.65 bits per heavy atom. The van der Waals surface area contributed by atoms with Gasteiger partial charge in [0, 0.05) is 15.8 Å². The average Bonchev–Trinajstić information content (AvgIpc) is 3.31. The molecule has 1 atom stereocenters. The van der Waals surface area contributed by atoms with Gasteiger partial charge in [-0.25, -0.2) is 0 Å². The summed E-state index contributed by atoms with van der Waals surface area (Å²) in [5.41, 5.74) is 3.13. The van der Waals surface area contributed by atoms with E-state index in [1.54, 1.807) is 0 Å². The smallest absolute Gasteiger partial charge is 0.231 e. The second-order valence-corrected chi connectivity index (χ2v) is 8.07. The number of rotatable bonds is 7. The molecule has 0 bridgehead atoms. The summed E-state index contributed by atoms with van der Waals surface area (Å²) in [5, 5.41) is 0. The lowest BCUT2D eigenvalue weighted by atomic mass is 10.00. The van der Waals surface area contributed by atoms with Gasteiger partial charge >= 0.3 is 0 Å². The fourth-order valence-corrected chi connectivity index (χ4v) is 4.24. The highest BCUT2D eigenvalue weighted by Crippen LogP contribution is 2.33. The van der Waals surface area contributed by atoms with Crippen LogP contribution in [0, 0.1) is 0 Å². The van der Waals surface area contributed by atoms with Crippen LogP contribution in [0.1, 0.15) is 38.4 Å². The van der Waals surface area contributed by atoms with Crippen LogP contribution in [0.3, 0.4) is 0 Å². The van der Waals surface area contributed by atoms with Crippen LogP contribution >= 0.6 is 0 Å². The Kier molecular flexibility index (Phi) is 5.49. The van der Waals surface area contributed by atoms with Crippen LogP contribution in [0.2, 0.25) is 0 Å². The first kappa shape index (κ1) is 17.8. The summed E-state index contributed by atoms with van der Waals surface area (Å²) in [5.74, 6) is 1.41. The third-order valence-electron chi connectivity index (χ3n) is 5.86. The number of aryl methyl sites for hydroxylation is 1. The molecule has 0 aliphatic carbocycles. The molecule has 0 radical (unpaired) electrons. The second kappa shape index (κ2) is 9.54. The first-order chi connectivity index (χ1) is 16.1. The highest BCUT2D eigenvalue weighted by atomic mass is 16.7. The van der Waals surface area contributed by atoms with Crippen molar-refractivity contribution in [3.05, 3.63) is 95.6 Å². The van der Waals surface area contributed by atoms with Gasteiger partial charge in [0.15, 0.2) is 11.5 Å². The minimum atomic E-state index is -1.48.